The molecule has 0 saturated carbocycles. The first-order valence-corrected chi connectivity index (χ1v) is 7.86. The number of hydrogen-bond acceptors (Lipinski definition) is 3. The van der Waals surface area contributed by atoms with E-state index in [1.165, 1.54) is 0 Å². The van der Waals surface area contributed by atoms with Crippen molar-refractivity contribution in [2.45, 2.75) is 65.2 Å². The van der Waals surface area contributed by atoms with Gasteiger partial charge in [0.1, 0.15) is 5.75 Å². The van der Waals surface area contributed by atoms with E-state index in [2.05, 4.69) is 41.5 Å². The van der Waals surface area contributed by atoms with Gasteiger partial charge in [-0.1, -0.05) is 41.5 Å². The molecule has 0 saturated heterocycles. The summed E-state index contributed by atoms with van der Waals surface area (Å²) in [5.74, 6) is -0.301. The number of methoxy groups -OCH3 is 1. The van der Waals surface area contributed by atoms with Crippen LogP contribution in [0.4, 0.5) is 0 Å². The number of carbonyl (C=O) groups is 2. The molecule has 1 aromatic carbocycles. The Bertz CT molecular complexity index is 566. The maximum Gasteiger partial charge on any atom is 0.303 e. The van der Waals surface area contributed by atoms with Crippen LogP contribution in [0.2, 0.25) is 0 Å². The Hall–Kier alpha value is -1.84. The average Bonchev–Trinajstić information content (AvgIpc) is 2.41. The molecule has 0 unspecified atom stereocenters. The lowest BCUT2D eigenvalue weighted by molar-refractivity contribution is -0.136. The van der Waals surface area contributed by atoms with E-state index < -0.39 is 5.97 Å². The molecule has 0 aliphatic heterocycles. The molecule has 1 N–H and O–H groups in total. The molecule has 4 heteroatoms. The molecule has 0 amide bonds. The number of ether oxygens (including phenoxy) is 1. The number of ketones is 1. The third kappa shape index (κ3) is 4.81. The van der Waals surface area contributed by atoms with Crippen molar-refractivity contribution in [3.8, 4) is 5.75 Å². The predicted molar refractivity (Wildman–Crippen MR) is 91.6 cm³/mol. The number of benzene rings is 1. The second kappa shape index (κ2) is 6.73. The van der Waals surface area contributed by atoms with Crippen molar-refractivity contribution < 1.29 is 19.4 Å². The van der Waals surface area contributed by atoms with E-state index in [9.17, 15) is 9.59 Å². The summed E-state index contributed by atoms with van der Waals surface area (Å²) in [7, 11) is 1.64. The van der Waals surface area contributed by atoms with Crippen molar-refractivity contribution in [2.24, 2.45) is 0 Å². The molecule has 1 aromatic rings. The highest BCUT2D eigenvalue weighted by atomic mass is 16.5. The van der Waals surface area contributed by atoms with Gasteiger partial charge in [0.15, 0.2) is 5.78 Å². The van der Waals surface area contributed by atoms with Crippen LogP contribution in [0, 0.1) is 0 Å². The molecule has 0 aliphatic carbocycles. The van der Waals surface area contributed by atoms with Gasteiger partial charge in [0.2, 0.25) is 0 Å². The highest BCUT2D eigenvalue weighted by molar-refractivity contribution is 5.98. The summed E-state index contributed by atoms with van der Waals surface area (Å²) < 4.78 is 5.66. The first-order chi connectivity index (χ1) is 10.4. The summed E-state index contributed by atoms with van der Waals surface area (Å²) >= 11 is 0. The highest BCUT2D eigenvalue weighted by Crippen LogP contribution is 2.40. The van der Waals surface area contributed by atoms with E-state index >= 15 is 0 Å². The van der Waals surface area contributed by atoms with Gasteiger partial charge in [-0.2, -0.15) is 0 Å². The van der Waals surface area contributed by atoms with Crippen LogP contribution < -0.4 is 4.74 Å². The molecule has 4 nitrogen and oxygen atoms in total. The summed E-state index contributed by atoms with van der Waals surface area (Å²) in [6.07, 6.45) is -0.143. The molecule has 128 valence electrons. The summed E-state index contributed by atoms with van der Waals surface area (Å²) in [4.78, 5) is 23.1. The number of Topliss-reactive ketones (excluding diaryl/α,β-unsaturated/α-hetero) is 1. The fourth-order valence-electron chi connectivity index (χ4n) is 2.49. The molecule has 23 heavy (non-hydrogen) atoms. The van der Waals surface area contributed by atoms with E-state index in [0.29, 0.717) is 5.56 Å². The Balaban J connectivity index is 3.50. The van der Waals surface area contributed by atoms with Gasteiger partial charge in [0, 0.05) is 23.1 Å². The van der Waals surface area contributed by atoms with E-state index in [1.807, 2.05) is 12.1 Å². The highest BCUT2D eigenvalue weighted by Gasteiger charge is 2.28. The maximum atomic E-state index is 12.4. The Morgan fingerprint density at radius 2 is 1.39 bits per heavy atom. The maximum absolute atomic E-state index is 12.4. The van der Waals surface area contributed by atoms with E-state index in [-0.39, 0.29) is 29.5 Å². The number of hydrogen-bond donors (Lipinski definition) is 1. The molecule has 0 bridgehead atoms. The van der Waals surface area contributed by atoms with Crippen LogP contribution in [0.15, 0.2) is 12.1 Å². The van der Waals surface area contributed by atoms with E-state index in [1.54, 1.807) is 7.11 Å². The van der Waals surface area contributed by atoms with Gasteiger partial charge in [-0.25, -0.2) is 0 Å². The van der Waals surface area contributed by atoms with Crippen LogP contribution >= 0.6 is 0 Å². The molecule has 0 radical (unpaired) electrons. The number of aliphatic carboxylic acids is 1. The van der Waals surface area contributed by atoms with Crippen molar-refractivity contribution in [1.82, 2.24) is 0 Å². The van der Waals surface area contributed by atoms with Crippen molar-refractivity contribution >= 4 is 11.8 Å². The van der Waals surface area contributed by atoms with Gasteiger partial charge in [-0.3, -0.25) is 9.59 Å². The average molecular weight is 320 g/mol. The quantitative estimate of drug-likeness (QED) is 0.820. The summed E-state index contributed by atoms with van der Waals surface area (Å²) in [6.45, 7) is 12.4. The predicted octanol–water partition coefficient (Wildman–Crippen LogP) is 4.34. The summed E-state index contributed by atoms with van der Waals surface area (Å²) in [6, 6.07) is 3.69. The van der Waals surface area contributed by atoms with Crippen LogP contribution in [0.1, 0.15) is 75.9 Å². The second-order valence-electron chi connectivity index (χ2n) is 7.92. The summed E-state index contributed by atoms with van der Waals surface area (Å²) in [5, 5.41) is 8.79. The van der Waals surface area contributed by atoms with Crippen LogP contribution in [0.5, 0.6) is 5.75 Å². The van der Waals surface area contributed by atoms with Crippen molar-refractivity contribution in [3.05, 3.63) is 28.8 Å². The topological polar surface area (TPSA) is 63.6 Å². The standard InChI is InChI=1S/C19H28O4/c1-18(2,3)13-10-12(15(20)8-9-16(21)22)11-14(17(13)23-7)19(4,5)6/h10-11H,8-9H2,1-7H3,(H,21,22). The minimum atomic E-state index is -0.959. The Morgan fingerprint density at radius 3 is 1.70 bits per heavy atom. The molecule has 0 heterocycles. The van der Waals surface area contributed by atoms with E-state index in [0.717, 1.165) is 16.9 Å². The van der Waals surface area contributed by atoms with Crippen LogP contribution in [0.25, 0.3) is 0 Å². The minimum Gasteiger partial charge on any atom is -0.496 e. The Kier molecular flexibility index (Phi) is 5.62. The normalized spacial score (nSPS) is 12.1. The number of rotatable bonds is 5. The number of carbonyl (C=O) groups excluding carboxylic acids is 1. The zero-order valence-corrected chi connectivity index (χ0v) is 15.2. The zero-order chi connectivity index (χ0) is 18.0. The second-order valence-corrected chi connectivity index (χ2v) is 7.92. The molecular formula is C19H28O4. The van der Waals surface area contributed by atoms with Crippen LogP contribution in [0.3, 0.4) is 0 Å². The Labute approximate surface area is 138 Å². The smallest absolute Gasteiger partial charge is 0.303 e. The number of carboxylic acid groups (broad SMARTS) is 1. The molecule has 0 aromatic heterocycles. The fourth-order valence-corrected chi connectivity index (χ4v) is 2.49. The van der Waals surface area contributed by atoms with Gasteiger partial charge in [-0.05, 0) is 23.0 Å². The molecule has 0 spiro atoms. The molecule has 0 fully saturated rings. The first-order valence-electron chi connectivity index (χ1n) is 7.86. The lowest BCUT2D eigenvalue weighted by Crippen LogP contribution is -2.20. The number of carboxylic acids is 1. The molecular weight excluding hydrogens is 292 g/mol. The van der Waals surface area contributed by atoms with Gasteiger partial charge in [-0.15, -0.1) is 0 Å². The molecule has 0 atom stereocenters. The fraction of sp³-hybridized carbons (Fsp3) is 0.579. The summed E-state index contributed by atoms with van der Waals surface area (Å²) in [5.41, 5.74) is 2.11. The minimum absolute atomic E-state index is 0.00876. The zero-order valence-electron chi connectivity index (χ0n) is 15.2. The van der Waals surface area contributed by atoms with Crippen LogP contribution in [-0.2, 0) is 15.6 Å². The lowest BCUT2D eigenvalue weighted by Gasteiger charge is -2.29. The SMILES string of the molecule is COc1c(C(C)(C)C)cc(C(=O)CCC(=O)O)cc1C(C)(C)C. The van der Waals surface area contributed by atoms with E-state index in [4.69, 9.17) is 9.84 Å². The third-order valence-corrected chi connectivity index (χ3v) is 3.80. The van der Waals surface area contributed by atoms with Gasteiger partial charge in [0.25, 0.3) is 0 Å². The van der Waals surface area contributed by atoms with Crippen LogP contribution in [-0.4, -0.2) is 24.0 Å². The third-order valence-electron chi connectivity index (χ3n) is 3.80. The Morgan fingerprint density at radius 1 is 0.957 bits per heavy atom. The van der Waals surface area contributed by atoms with Gasteiger partial charge < -0.3 is 9.84 Å². The molecule has 0 aliphatic rings. The van der Waals surface area contributed by atoms with Gasteiger partial charge >= 0.3 is 5.97 Å². The van der Waals surface area contributed by atoms with Crippen molar-refractivity contribution in [1.29, 1.82) is 0 Å². The van der Waals surface area contributed by atoms with Crippen molar-refractivity contribution in [2.75, 3.05) is 7.11 Å². The van der Waals surface area contributed by atoms with Gasteiger partial charge in [0.05, 0.1) is 13.5 Å². The largest absolute Gasteiger partial charge is 0.496 e. The lowest BCUT2D eigenvalue weighted by atomic mass is 9.78. The van der Waals surface area contributed by atoms with Crippen molar-refractivity contribution in [3.63, 3.8) is 0 Å². The molecule has 1 rings (SSSR count). The first kappa shape index (κ1) is 19.2. The monoisotopic (exact) mass is 320 g/mol.